The van der Waals surface area contributed by atoms with E-state index in [4.69, 9.17) is 23.2 Å². The number of anilines is 1. The Labute approximate surface area is 108 Å². The van der Waals surface area contributed by atoms with E-state index in [1.165, 1.54) is 12.8 Å². The van der Waals surface area contributed by atoms with Crippen molar-refractivity contribution in [2.45, 2.75) is 32.6 Å². The number of halogens is 2. The van der Waals surface area contributed by atoms with E-state index in [1.54, 1.807) is 0 Å². The molecular formula is C13H19Cl2N. The van der Waals surface area contributed by atoms with Crippen LogP contribution in [0.1, 0.15) is 32.3 Å². The molecule has 0 saturated carbocycles. The first kappa shape index (κ1) is 13.7. The highest BCUT2D eigenvalue weighted by Gasteiger charge is 2.08. The van der Waals surface area contributed by atoms with Crippen LogP contribution in [0.25, 0.3) is 0 Å². The van der Waals surface area contributed by atoms with Gasteiger partial charge in [0.1, 0.15) is 0 Å². The number of nitrogens with zero attached hydrogens (tertiary/aromatic N) is 1. The Balaban J connectivity index is 2.83. The predicted molar refractivity (Wildman–Crippen MR) is 73.8 cm³/mol. The van der Waals surface area contributed by atoms with Crippen molar-refractivity contribution in [3.05, 3.63) is 28.8 Å². The third-order valence-corrected chi connectivity index (χ3v) is 3.28. The van der Waals surface area contributed by atoms with Crippen molar-refractivity contribution in [3.63, 3.8) is 0 Å². The maximum atomic E-state index is 6.26. The van der Waals surface area contributed by atoms with E-state index < -0.39 is 0 Å². The lowest BCUT2D eigenvalue weighted by molar-refractivity contribution is 0.732. The van der Waals surface area contributed by atoms with Crippen molar-refractivity contribution < 1.29 is 0 Å². The van der Waals surface area contributed by atoms with Crippen LogP contribution in [0.15, 0.2) is 18.2 Å². The maximum Gasteiger partial charge on any atom is 0.0642 e. The molecule has 0 fully saturated rings. The van der Waals surface area contributed by atoms with Crippen molar-refractivity contribution in [1.82, 2.24) is 0 Å². The molecule has 1 aromatic rings. The molecule has 0 aliphatic heterocycles. The van der Waals surface area contributed by atoms with Crippen LogP contribution in [0.5, 0.6) is 0 Å². The molecule has 0 aromatic heterocycles. The number of unbranched alkanes of at least 4 members (excludes halogenated alkanes) is 1. The van der Waals surface area contributed by atoms with Gasteiger partial charge in [-0.05, 0) is 31.0 Å². The zero-order chi connectivity index (χ0) is 12.0. The molecule has 0 N–H and O–H groups in total. The Bertz CT molecular complexity index is 326. The fourth-order valence-corrected chi connectivity index (χ4v) is 2.18. The van der Waals surface area contributed by atoms with Crippen LogP contribution in [-0.2, 0) is 5.88 Å². The minimum absolute atomic E-state index is 0.515. The van der Waals surface area contributed by atoms with Gasteiger partial charge in [0.15, 0.2) is 0 Å². The van der Waals surface area contributed by atoms with Crippen molar-refractivity contribution in [1.29, 1.82) is 0 Å². The highest BCUT2D eigenvalue weighted by atomic mass is 35.5. The third-order valence-electron chi connectivity index (χ3n) is 2.67. The second-order valence-electron chi connectivity index (χ2n) is 3.85. The smallest absolute Gasteiger partial charge is 0.0642 e. The molecule has 3 heteroatoms. The largest absolute Gasteiger partial charge is 0.371 e. The minimum atomic E-state index is 0.515. The number of rotatable bonds is 6. The van der Waals surface area contributed by atoms with Gasteiger partial charge in [0.25, 0.3) is 0 Å². The quantitative estimate of drug-likeness (QED) is 0.670. The molecule has 0 bridgehead atoms. The summed E-state index contributed by atoms with van der Waals surface area (Å²) in [5.74, 6) is 0.515. The summed E-state index contributed by atoms with van der Waals surface area (Å²) >= 11 is 12.0. The molecule has 0 saturated heterocycles. The highest BCUT2D eigenvalue weighted by molar-refractivity contribution is 6.33. The van der Waals surface area contributed by atoms with Crippen LogP contribution in [0.2, 0.25) is 5.02 Å². The first-order chi connectivity index (χ1) is 7.72. The van der Waals surface area contributed by atoms with E-state index >= 15 is 0 Å². The minimum Gasteiger partial charge on any atom is -0.371 e. The molecule has 0 heterocycles. The molecule has 1 rings (SSSR count). The number of alkyl halides is 1. The molecule has 90 valence electrons. The van der Waals surface area contributed by atoms with E-state index in [0.29, 0.717) is 5.88 Å². The monoisotopic (exact) mass is 259 g/mol. The lowest BCUT2D eigenvalue weighted by Crippen LogP contribution is -2.24. The van der Waals surface area contributed by atoms with E-state index in [0.717, 1.165) is 29.4 Å². The first-order valence-corrected chi connectivity index (χ1v) is 6.73. The van der Waals surface area contributed by atoms with E-state index in [1.807, 2.05) is 12.1 Å². The fourth-order valence-electron chi connectivity index (χ4n) is 1.69. The van der Waals surface area contributed by atoms with Crippen LogP contribution < -0.4 is 4.90 Å². The second-order valence-corrected chi connectivity index (χ2v) is 4.53. The van der Waals surface area contributed by atoms with Gasteiger partial charge in [0.2, 0.25) is 0 Å². The van der Waals surface area contributed by atoms with Gasteiger partial charge in [0.05, 0.1) is 10.7 Å². The number of benzene rings is 1. The summed E-state index contributed by atoms with van der Waals surface area (Å²) in [7, 11) is 0. The van der Waals surface area contributed by atoms with E-state index in [9.17, 15) is 0 Å². The second kappa shape index (κ2) is 7.03. The molecule has 1 aromatic carbocycles. The average Bonchev–Trinajstić information content (AvgIpc) is 2.31. The maximum absolute atomic E-state index is 6.26. The molecular weight excluding hydrogens is 241 g/mol. The Morgan fingerprint density at radius 3 is 2.50 bits per heavy atom. The van der Waals surface area contributed by atoms with Crippen LogP contribution in [0.4, 0.5) is 5.69 Å². The molecule has 0 aliphatic carbocycles. The summed E-state index contributed by atoms with van der Waals surface area (Å²) in [4.78, 5) is 2.31. The first-order valence-electron chi connectivity index (χ1n) is 5.82. The molecule has 0 radical (unpaired) electrons. The lowest BCUT2D eigenvalue weighted by atomic mass is 10.2. The SMILES string of the molecule is CCCCN(CC)c1ccc(CCl)cc1Cl. The number of hydrogen-bond acceptors (Lipinski definition) is 1. The summed E-state index contributed by atoms with van der Waals surface area (Å²) in [5, 5.41) is 0.802. The Kier molecular flexibility index (Phi) is 6.00. The van der Waals surface area contributed by atoms with Crippen molar-refractivity contribution in [3.8, 4) is 0 Å². The molecule has 0 spiro atoms. The van der Waals surface area contributed by atoms with Crippen LogP contribution in [0, 0.1) is 0 Å². The predicted octanol–water partition coefficient (Wildman–Crippen LogP) is 4.71. The molecule has 16 heavy (non-hydrogen) atoms. The van der Waals surface area contributed by atoms with Crippen molar-refractivity contribution >= 4 is 28.9 Å². The van der Waals surface area contributed by atoms with Crippen LogP contribution in [0.3, 0.4) is 0 Å². The van der Waals surface area contributed by atoms with Gasteiger partial charge in [-0.3, -0.25) is 0 Å². The van der Waals surface area contributed by atoms with Crippen molar-refractivity contribution in [2.75, 3.05) is 18.0 Å². The summed E-state index contributed by atoms with van der Waals surface area (Å²) in [6.45, 7) is 6.40. The molecule has 0 unspecified atom stereocenters. The van der Waals surface area contributed by atoms with Gasteiger partial charge < -0.3 is 4.90 Å². The fraction of sp³-hybridized carbons (Fsp3) is 0.538. The zero-order valence-electron chi connectivity index (χ0n) is 9.97. The van der Waals surface area contributed by atoms with E-state index in [2.05, 4.69) is 24.8 Å². The third kappa shape index (κ3) is 3.57. The van der Waals surface area contributed by atoms with Gasteiger partial charge in [-0.15, -0.1) is 11.6 Å². The van der Waals surface area contributed by atoms with Gasteiger partial charge in [0, 0.05) is 19.0 Å². The summed E-state index contributed by atoms with van der Waals surface area (Å²) in [5.41, 5.74) is 2.19. The summed E-state index contributed by atoms with van der Waals surface area (Å²) in [6.07, 6.45) is 2.40. The topological polar surface area (TPSA) is 3.24 Å². The van der Waals surface area contributed by atoms with Gasteiger partial charge in [-0.2, -0.15) is 0 Å². The molecule has 0 aliphatic rings. The highest BCUT2D eigenvalue weighted by Crippen LogP contribution is 2.27. The normalized spacial score (nSPS) is 10.5. The summed E-state index contributed by atoms with van der Waals surface area (Å²) < 4.78 is 0. The van der Waals surface area contributed by atoms with Gasteiger partial charge in [-0.25, -0.2) is 0 Å². The Morgan fingerprint density at radius 1 is 1.25 bits per heavy atom. The standard InChI is InChI=1S/C13H19Cl2N/c1-3-5-8-16(4-2)13-7-6-11(10-14)9-12(13)15/h6-7,9H,3-5,8,10H2,1-2H3. The van der Waals surface area contributed by atoms with Gasteiger partial charge in [-0.1, -0.05) is 31.0 Å². The zero-order valence-corrected chi connectivity index (χ0v) is 11.5. The van der Waals surface area contributed by atoms with Crippen LogP contribution >= 0.6 is 23.2 Å². The number of hydrogen-bond donors (Lipinski definition) is 0. The Hall–Kier alpha value is -0.400. The summed E-state index contributed by atoms with van der Waals surface area (Å²) in [6, 6.07) is 6.07. The van der Waals surface area contributed by atoms with E-state index in [-0.39, 0.29) is 0 Å². The molecule has 0 atom stereocenters. The molecule has 0 amide bonds. The Morgan fingerprint density at radius 2 is 2.00 bits per heavy atom. The lowest BCUT2D eigenvalue weighted by Gasteiger charge is -2.24. The van der Waals surface area contributed by atoms with Gasteiger partial charge >= 0.3 is 0 Å². The molecule has 1 nitrogen and oxygen atoms in total. The average molecular weight is 260 g/mol. The van der Waals surface area contributed by atoms with Crippen molar-refractivity contribution in [2.24, 2.45) is 0 Å². The van der Waals surface area contributed by atoms with Crippen LogP contribution in [-0.4, -0.2) is 13.1 Å².